The molecule has 0 aliphatic carbocycles. The molecule has 0 saturated carbocycles. The van der Waals surface area contributed by atoms with E-state index in [1.165, 1.54) is 6.07 Å². The highest BCUT2D eigenvalue weighted by Crippen LogP contribution is 2.32. The summed E-state index contributed by atoms with van der Waals surface area (Å²) in [7, 11) is 0. The van der Waals surface area contributed by atoms with Crippen LogP contribution in [0.15, 0.2) is 36.5 Å². The molecule has 0 saturated heterocycles. The molecular formula is C16H14F3N3O6. The number of halogens is 3. The van der Waals surface area contributed by atoms with Crippen molar-refractivity contribution in [1.29, 1.82) is 0 Å². The number of aromatic carboxylic acids is 1. The normalized spacial score (nSPS) is 13.6. The SMILES string of the molecule is O=C(O)c1ccnn1C(=O)N[C@H](Cc1ccccc1C(F)(F)F)[C@@H](O)C(=O)O. The van der Waals surface area contributed by atoms with Gasteiger partial charge in [-0.05, 0) is 24.1 Å². The number of benzene rings is 1. The minimum Gasteiger partial charge on any atom is -0.479 e. The lowest BCUT2D eigenvalue weighted by molar-refractivity contribution is -0.148. The van der Waals surface area contributed by atoms with Crippen molar-refractivity contribution < 1.29 is 42.9 Å². The van der Waals surface area contributed by atoms with Crippen molar-refractivity contribution in [3.63, 3.8) is 0 Å². The number of hydrogen-bond donors (Lipinski definition) is 4. The molecule has 9 nitrogen and oxygen atoms in total. The number of nitrogens with zero attached hydrogens (tertiary/aromatic N) is 2. The molecule has 12 heteroatoms. The molecule has 0 unspecified atom stereocenters. The number of rotatable bonds is 6. The number of carboxylic acid groups (broad SMARTS) is 2. The van der Waals surface area contributed by atoms with Crippen LogP contribution in [0.25, 0.3) is 0 Å². The standard InChI is InChI=1S/C16H14F3N3O6/c17-16(18,19)9-4-2-1-3-8(9)7-10(12(23)14(26)27)21-15(28)22-11(13(24)25)5-6-20-22/h1-6,10,12,23H,7H2,(H,21,28)(H,24,25)(H,26,27)/t10-,12-/m1/s1. The van der Waals surface area contributed by atoms with Crippen molar-refractivity contribution in [1.82, 2.24) is 15.1 Å². The van der Waals surface area contributed by atoms with E-state index in [0.29, 0.717) is 4.68 Å². The summed E-state index contributed by atoms with van der Waals surface area (Å²) in [6.45, 7) is 0. The first-order chi connectivity index (χ1) is 13.0. The number of carbonyl (C=O) groups is 3. The topological polar surface area (TPSA) is 142 Å². The molecule has 0 bridgehead atoms. The van der Waals surface area contributed by atoms with Gasteiger partial charge in [0.2, 0.25) is 0 Å². The number of amides is 1. The summed E-state index contributed by atoms with van der Waals surface area (Å²) in [5.41, 5.74) is -1.98. The number of carbonyl (C=O) groups excluding carboxylic acids is 1. The van der Waals surface area contributed by atoms with Crippen LogP contribution in [-0.4, -0.2) is 55.2 Å². The number of aliphatic hydroxyl groups is 1. The molecule has 1 heterocycles. The maximum absolute atomic E-state index is 13.1. The monoisotopic (exact) mass is 401 g/mol. The zero-order valence-corrected chi connectivity index (χ0v) is 13.9. The van der Waals surface area contributed by atoms with Crippen LogP contribution in [-0.2, 0) is 17.4 Å². The minimum absolute atomic E-state index is 0.362. The van der Waals surface area contributed by atoms with Crippen molar-refractivity contribution in [2.75, 3.05) is 0 Å². The van der Waals surface area contributed by atoms with Crippen LogP contribution in [0, 0.1) is 0 Å². The lowest BCUT2D eigenvalue weighted by atomic mass is 9.97. The number of hydrogen-bond acceptors (Lipinski definition) is 5. The Kier molecular flexibility index (Phi) is 6.03. The van der Waals surface area contributed by atoms with Gasteiger partial charge in [0, 0.05) is 0 Å². The molecule has 150 valence electrons. The van der Waals surface area contributed by atoms with Crippen LogP contribution in [0.4, 0.5) is 18.0 Å². The Labute approximate surface area is 155 Å². The van der Waals surface area contributed by atoms with Crippen molar-refractivity contribution in [2.24, 2.45) is 0 Å². The van der Waals surface area contributed by atoms with Gasteiger partial charge in [0.15, 0.2) is 11.8 Å². The van der Waals surface area contributed by atoms with Crippen LogP contribution in [0.1, 0.15) is 21.6 Å². The van der Waals surface area contributed by atoms with E-state index < -0.39 is 54.0 Å². The van der Waals surface area contributed by atoms with Gasteiger partial charge in [-0.3, -0.25) is 0 Å². The number of carboxylic acids is 2. The predicted octanol–water partition coefficient (Wildman–Crippen LogP) is 1.21. The first-order valence-corrected chi connectivity index (χ1v) is 7.66. The Hall–Kier alpha value is -3.41. The van der Waals surface area contributed by atoms with Gasteiger partial charge in [0.05, 0.1) is 17.8 Å². The Balaban J connectivity index is 2.34. The zero-order chi connectivity index (χ0) is 21.1. The first-order valence-electron chi connectivity index (χ1n) is 7.66. The highest BCUT2D eigenvalue weighted by Gasteiger charge is 2.36. The van der Waals surface area contributed by atoms with E-state index in [0.717, 1.165) is 30.5 Å². The number of aromatic nitrogens is 2. The van der Waals surface area contributed by atoms with Crippen LogP contribution >= 0.6 is 0 Å². The average Bonchev–Trinajstić information content (AvgIpc) is 3.10. The summed E-state index contributed by atoms with van der Waals surface area (Å²) in [6.07, 6.45) is -6.69. The Bertz CT molecular complexity index is 896. The first kappa shape index (κ1) is 20.9. The molecule has 0 spiro atoms. The maximum atomic E-state index is 13.1. The quantitative estimate of drug-likeness (QED) is 0.570. The van der Waals surface area contributed by atoms with Crippen LogP contribution in [0.5, 0.6) is 0 Å². The molecule has 1 aromatic heterocycles. The van der Waals surface area contributed by atoms with Gasteiger partial charge in [-0.25, -0.2) is 14.4 Å². The van der Waals surface area contributed by atoms with E-state index in [9.17, 15) is 32.7 Å². The second kappa shape index (κ2) is 8.08. The molecule has 0 aliphatic rings. The molecule has 0 radical (unpaired) electrons. The van der Waals surface area contributed by atoms with E-state index >= 15 is 0 Å². The van der Waals surface area contributed by atoms with Crippen molar-refractivity contribution in [2.45, 2.75) is 24.7 Å². The third-order valence-corrected chi connectivity index (χ3v) is 3.76. The van der Waals surface area contributed by atoms with Gasteiger partial charge in [0.25, 0.3) is 0 Å². The predicted molar refractivity (Wildman–Crippen MR) is 85.7 cm³/mol. The molecule has 4 N–H and O–H groups in total. The fourth-order valence-electron chi connectivity index (χ4n) is 2.47. The summed E-state index contributed by atoms with van der Waals surface area (Å²) in [5, 5.41) is 33.3. The van der Waals surface area contributed by atoms with E-state index in [-0.39, 0.29) is 5.56 Å². The number of aliphatic carboxylic acids is 1. The summed E-state index contributed by atoms with van der Waals surface area (Å²) < 4.78 is 39.8. The van der Waals surface area contributed by atoms with Crippen LogP contribution in [0.3, 0.4) is 0 Å². The fraction of sp³-hybridized carbons (Fsp3) is 0.250. The Morgan fingerprint density at radius 2 is 1.79 bits per heavy atom. The summed E-state index contributed by atoms with van der Waals surface area (Å²) in [6, 6.07) is 2.34. The zero-order valence-electron chi connectivity index (χ0n) is 13.9. The molecule has 1 aromatic carbocycles. The summed E-state index contributed by atoms with van der Waals surface area (Å²) >= 11 is 0. The van der Waals surface area contributed by atoms with E-state index in [1.807, 2.05) is 5.32 Å². The molecule has 2 atom stereocenters. The van der Waals surface area contributed by atoms with Gasteiger partial charge in [0.1, 0.15) is 0 Å². The lowest BCUT2D eigenvalue weighted by Crippen LogP contribution is -2.50. The highest BCUT2D eigenvalue weighted by atomic mass is 19.4. The molecule has 1 amide bonds. The molecule has 2 aromatic rings. The highest BCUT2D eigenvalue weighted by molar-refractivity contribution is 5.91. The Morgan fingerprint density at radius 1 is 1.14 bits per heavy atom. The van der Waals surface area contributed by atoms with Crippen molar-refractivity contribution in [3.05, 3.63) is 53.3 Å². The molecular weight excluding hydrogens is 387 g/mol. The second-order valence-electron chi connectivity index (χ2n) is 5.63. The second-order valence-corrected chi connectivity index (χ2v) is 5.63. The van der Waals surface area contributed by atoms with Crippen LogP contribution in [0.2, 0.25) is 0 Å². The molecule has 0 aliphatic heterocycles. The molecule has 0 fully saturated rings. The fourth-order valence-corrected chi connectivity index (χ4v) is 2.47. The van der Waals surface area contributed by atoms with Crippen molar-refractivity contribution >= 4 is 18.0 Å². The smallest absolute Gasteiger partial charge is 0.416 e. The number of alkyl halides is 3. The van der Waals surface area contributed by atoms with Gasteiger partial charge >= 0.3 is 24.1 Å². The van der Waals surface area contributed by atoms with Gasteiger partial charge in [-0.15, -0.1) is 0 Å². The third-order valence-electron chi connectivity index (χ3n) is 3.76. The maximum Gasteiger partial charge on any atom is 0.416 e. The van der Waals surface area contributed by atoms with E-state index in [1.54, 1.807) is 0 Å². The number of aliphatic hydroxyl groups excluding tert-OH is 1. The lowest BCUT2D eigenvalue weighted by Gasteiger charge is -2.23. The van der Waals surface area contributed by atoms with E-state index in [2.05, 4.69) is 5.10 Å². The van der Waals surface area contributed by atoms with E-state index in [4.69, 9.17) is 10.2 Å². The number of nitrogens with one attached hydrogen (secondary N) is 1. The van der Waals surface area contributed by atoms with Gasteiger partial charge < -0.3 is 20.6 Å². The minimum atomic E-state index is -4.74. The third kappa shape index (κ3) is 4.65. The average molecular weight is 401 g/mol. The summed E-state index contributed by atoms with van der Waals surface area (Å²) in [5.74, 6) is -3.29. The van der Waals surface area contributed by atoms with Gasteiger partial charge in [-0.2, -0.15) is 23.0 Å². The summed E-state index contributed by atoms with van der Waals surface area (Å²) in [4.78, 5) is 34.4. The molecule has 2 rings (SSSR count). The molecule has 28 heavy (non-hydrogen) atoms. The largest absolute Gasteiger partial charge is 0.479 e. The Morgan fingerprint density at radius 3 is 2.36 bits per heavy atom. The van der Waals surface area contributed by atoms with Crippen LogP contribution < -0.4 is 5.32 Å². The van der Waals surface area contributed by atoms with Gasteiger partial charge in [-0.1, -0.05) is 18.2 Å². The van der Waals surface area contributed by atoms with Crippen molar-refractivity contribution in [3.8, 4) is 0 Å².